The van der Waals surface area contributed by atoms with E-state index in [-0.39, 0.29) is 5.91 Å². The van der Waals surface area contributed by atoms with Crippen molar-refractivity contribution in [3.05, 3.63) is 12.7 Å². The largest absolute Gasteiger partial charge is 0.385 e. The van der Waals surface area contributed by atoms with Crippen LogP contribution in [0.25, 0.3) is 0 Å². The zero-order valence-corrected chi connectivity index (χ0v) is 14.2. The van der Waals surface area contributed by atoms with Crippen molar-refractivity contribution in [2.75, 3.05) is 40.0 Å². The number of likely N-dealkylation sites (tertiary alicyclic amines) is 1. The van der Waals surface area contributed by atoms with Crippen molar-refractivity contribution in [3.8, 4) is 0 Å². The van der Waals surface area contributed by atoms with Crippen LogP contribution in [0.3, 0.4) is 0 Å². The van der Waals surface area contributed by atoms with E-state index in [2.05, 4.69) is 6.58 Å². The molecule has 2 rings (SSSR count). The van der Waals surface area contributed by atoms with Gasteiger partial charge in [0.15, 0.2) is 0 Å². The minimum atomic E-state index is -0.498. The van der Waals surface area contributed by atoms with Crippen LogP contribution in [-0.4, -0.2) is 50.8 Å². The predicted octanol–water partition coefficient (Wildman–Crippen LogP) is 2.88. The Kier molecular flexibility index (Phi) is 6.45. The average Bonchev–Trinajstić information content (AvgIpc) is 2.60. The molecule has 0 aliphatic carbocycles. The molecule has 0 saturated carbocycles. The van der Waals surface area contributed by atoms with Crippen molar-refractivity contribution in [1.29, 1.82) is 0 Å². The molecule has 2 aliphatic rings. The third kappa shape index (κ3) is 4.11. The summed E-state index contributed by atoms with van der Waals surface area (Å²) in [6.07, 6.45) is 7.14. The lowest BCUT2D eigenvalue weighted by atomic mass is 9.79. The number of hydrogen-bond donors (Lipinski definition) is 0. The molecule has 0 radical (unpaired) electrons. The molecular weight excluding hydrogens is 278 g/mol. The molecule has 4 nitrogen and oxygen atoms in total. The molecule has 0 bridgehead atoms. The van der Waals surface area contributed by atoms with Crippen molar-refractivity contribution in [3.63, 3.8) is 0 Å². The van der Waals surface area contributed by atoms with E-state index in [0.717, 1.165) is 51.0 Å². The number of rotatable bonds is 6. The van der Waals surface area contributed by atoms with E-state index in [9.17, 15) is 4.79 Å². The Morgan fingerprint density at radius 1 is 1.27 bits per heavy atom. The van der Waals surface area contributed by atoms with Gasteiger partial charge in [-0.3, -0.25) is 4.79 Å². The molecule has 2 saturated heterocycles. The van der Waals surface area contributed by atoms with Crippen molar-refractivity contribution < 1.29 is 14.3 Å². The minimum absolute atomic E-state index is 0.213. The van der Waals surface area contributed by atoms with Crippen molar-refractivity contribution >= 4 is 5.91 Å². The van der Waals surface area contributed by atoms with Crippen LogP contribution < -0.4 is 0 Å². The number of carbonyl (C=O) groups is 1. The predicted molar refractivity (Wildman–Crippen MR) is 87.6 cm³/mol. The summed E-state index contributed by atoms with van der Waals surface area (Å²) in [6.45, 7) is 10.0. The fourth-order valence-corrected chi connectivity index (χ4v) is 3.73. The SMILES string of the molecule is C=C[C@@](C)(CCOC)C(=O)N1CCC(C2CCOCC2)CC1. The Labute approximate surface area is 134 Å². The van der Waals surface area contributed by atoms with Crippen LogP contribution in [0.15, 0.2) is 12.7 Å². The van der Waals surface area contributed by atoms with Gasteiger partial charge in [0, 0.05) is 40.0 Å². The molecule has 126 valence electrons. The fourth-order valence-electron chi connectivity index (χ4n) is 3.73. The van der Waals surface area contributed by atoms with Gasteiger partial charge in [0.05, 0.1) is 5.41 Å². The highest BCUT2D eigenvalue weighted by atomic mass is 16.5. The molecule has 0 N–H and O–H groups in total. The molecular formula is C18H31NO3. The Bertz CT molecular complexity index is 371. The van der Waals surface area contributed by atoms with Crippen LogP contribution in [0.1, 0.15) is 39.0 Å². The molecule has 2 fully saturated rings. The Morgan fingerprint density at radius 3 is 2.41 bits per heavy atom. The summed E-state index contributed by atoms with van der Waals surface area (Å²) in [5, 5.41) is 0. The van der Waals surface area contributed by atoms with E-state index >= 15 is 0 Å². The lowest BCUT2D eigenvalue weighted by molar-refractivity contribution is -0.141. The summed E-state index contributed by atoms with van der Waals surface area (Å²) >= 11 is 0. The van der Waals surface area contributed by atoms with Gasteiger partial charge >= 0.3 is 0 Å². The van der Waals surface area contributed by atoms with Crippen LogP contribution >= 0.6 is 0 Å². The molecule has 0 aromatic heterocycles. The van der Waals surface area contributed by atoms with E-state index in [4.69, 9.17) is 9.47 Å². The van der Waals surface area contributed by atoms with Crippen LogP contribution in [-0.2, 0) is 14.3 Å². The highest BCUT2D eigenvalue weighted by molar-refractivity contribution is 5.84. The summed E-state index contributed by atoms with van der Waals surface area (Å²) in [6, 6.07) is 0. The van der Waals surface area contributed by atoms with E-state index in [0.29, 0.717) is 13.0 Å². The zero-order valence-electron chi connectivity index (χ0n) is 14.2. The summed E-state index contributed by atoms with van der Waals surface area (Å²) in [4.78, 5) is 14.9. The van der Waals surface area contributed by atoms with Crippen LogP contribution in [0.4, 0.5) is 0 Å². The first-order valence-electron chi connectivity index (χ1n) is 8.60. The quantitative estimate of drug-likeness (QED) is 0.708. The number of methoxy groups -OCH3 is 1. The standard InChI is InChI=1S/C18H31NO3/c1-4-18(2,9-14-21-3)17(20)19-10-5-15(6-11-19)16-7-12-22-13-8-16/h4,15-16H,1,5-14H2,2-3H3/t18-/m0/s1. The zero-order chi connectivity index (χ0) is 16.0. The topological polar surface area (TPSA) is 38.8 Å². The number of carbonyl (C=O) groups excluding carboxylic acids is 1. The van der Waals surface area contributed by atoms with Gasteiger partial charge in [0.1, 0.15) is 0 Å². The number of piperidine rings is 1. The van der Waals surface area contributed by atoms with Crippen LogP contribution in [0.5, 0.6) is 0 Å². The second kappa shape index (κ2) is 8.11. The molecule has 4 heteroatoms. The number of nitrogens with zero attached hydrogens (tertiary/aromatic N) is 1. The molecule has 22 heavy (non-hydrogen) atoms. The molecule has 0 spiro atoms. The van der Waals surface area contributed by atoms with Gasteiger partial charge in [-0.1, -0.05) is 6.08 Å². The molecule has 2 heterocycles. The van der Waals surface area contributed by atoms with Crippen molar-refractivity contribution in [2.45, 2.75) is 39.0 Å². The monoisotopic (exact) mass is 309 g/mol. The van der Waals surface area contributed by atoms with Crippen LogP contribution in [0, 0.1) is 17.3 Å². The minimum Gasteiger partial charge on any atom is -0.385 e. The molecule has 0 aromatic carbocycles. The summed E-state index contributed by atoms with van der Waals surface area (Å²) < 4.78 is 10.6. The third-order valence-corrected chi connectivity index (χ3v) is 5.52. The van der Waals surface area contributed by atoms with Gasteiger partial charge in [0.2, 0.25) is 5.91 Å². The van der Waals surface area contributed by atoms with Gasteiger partial charge in [0.25, 0.3) is 0 Å². The highest BCUT2D eigenvalue weighted by Crippen LogP contribution is 2.34. The Balaban J connectivity index is 1.86. The van der Waals surface area contributed by atoms with Crippen molar-refractivity contribution in [2.24, 2.45) is 17.3 Å². The normalized spacial score (nSPS) is 24.0. The molecule has 1 atom stereocenters. The fraction of sp³-hybridized carbons (Fsp3) is 0.833. The maximum absolute atomic E-state index is 12.8. The number of hydrogen-bond acceptors (Lipinski definition) is 3. The second-order valence-corrected chi connectivity index (χ2v) is 6.94. The van der Waals surface area contributed by atoms with Crippen molar-refractivity contribution in [1.82, 2.24) is 4.90 Å². The van der Waals surface area contributed by atoms with Gasteiger partial charge in [-0.25, -0.2) is 0 Å². The van der Waals surface area contributed by atoms with E-state index in [1.165, 1.54) is 12.8 Å². The first kappa shape index (κ1) is 17.5. The van der Waals surface area contributed by atoms with Gasteiger partial charge in [-0.15, -0.1) is 6.58 Å². The molecule has 0 unspecified atom stereocenters. The Morgan fingerprint density at radius 2 is 1.86 bits per heavy atom. The second-order valence-electron chi connectivity index (χ2n) is 6.94. The maximum atomic E-state index is 12.8. The van der Waals surface area contributed by atoms with Gasteiger partial charge in [-0.05, 0) is 50.9 Å². The lowest BCUT2D eigenvalue weighted by Gasteiger charge is -2.40. The lowest BCUT2D eigenvalue weighted by Crippen LogP contribution is -2.47. The van der Waals surface area contributed by atoms with Gasteiger partial charge < -0.3 is 14.4 Å². The number of amides is 1. The first-order chi connectivity index (χ1) is 10.6. The highest BCUT2D eigenvalue weighted by Gasteiger charge is 2.36. The summed E-state index contributed by atoms with van der Waals surface area (Å²) in [7, 11) is 1.67. The van der Waals surface area contributed by atoms with E-state index < -0.39 is 5.41 Å². The van der Waals surface area contributed by atoms with E-state index in [1.54, 1.807) is 13.2 Å². The Hall–Kier alpha value is -0.870. The van der Waals surface area contributed by atoms with Gasteiger partial charge in [-0.2, -0.15) is 0 Å². The third-order valence-electron chi connectivity index (χ3n) is 5.52. The van der Waals surface area contributed by atoms with E-state index in [1.807, 2.05) is 11.8 Å². The summed E-state index contributed by atoms with van der Waals surface area (Å²) in [5.41, 5.74) is -0.498. The average molecular weight is 309 g/mol. The first-order valence-corrected chi connectivity index (χ1v) is 8.60. The molecule has 0 aromatic rings. The molecule has 1 amide bonds. The smallest absolute Gasteiger partial charge is 0.232 e. The maximum Gasteiger partial charge on any atom is 0.232 e. The summed E-state index contributed by atoms with van der Waals surface area (Å²) in [5.74, 6) is 1.78. The number of ether oxygens (including phenoxy) is 2. The van der Waals surface area contributed by atoms with Crippen LogP contribution in [0.2, 0.25) is 0 Å². The molecule has 2 aliphatic heterocycles.